The van der Waals surface area contributed by atoms with Gasteiger partial charge in [-0.25, -0.2) is 0 Å². The van der Waals surface area contributed by atoms with Crippen molar-refractivity contribution in [2.75, 3.05) is 19.6 Å². The summed E-state index contributed by atoms with van der Waals surface area (Å²) in [7, 11) is 0. The van der Waals surface area contributed by atoms with E-state index < -0.39 is 0 Å². The zero-order valence-corrected chi connectivity index (χ0v) is 11.7. The molecule has 3 nitrogen and oxygen atoms in total. The molecule has 2 fully saturated rings. The molecule has 1 saturated carbocycles. The lowest BCUT2D eigenvalue weighted by Gasteiger charge is -2.29. The third-order valence-electron chi connectivity index (χ3n) is 4.77. The second-order valence-corrected chi connectivity index (χ2v) is 6.14. The van der Waals surface area contributed by atoms with E-state index in [-0.39, 0.29) is 11.8 Å². The van der Waals surface area contributed by atoms with Crippen LogP contribution in [0.3, 0.4) is 0 Å². The summed E-state index contributed by atoms with van der Waals surface area (Å²) < 4.78 is 0. The van der Waals surface area contributed by atoms with Gasteiger partial charge in [0, 0.05) is 13.1 Å². The molecular formula is C15H28N2O. The van der Waals surface area contributed by atoms with Crippen LogP contribution in [0, 0.1) is 17.8 Å². The van der Waals surface area contributed by atoms with Crippen LogP contribution in [0.15, 0.2) is 0 Å². The van der Waals surface area contributed by atoms with Gasteiger partial charge in [0.2, 0.25) is 5.91 Å². The second kappa shape index (κ2) is 7.13. The number of amides is 1. The maximum Gasteiger partial charge on any atom is 0.224 e. The minimum absolute atomic E-state index is 0.211. The first-order valence-corrected chi connectivity index (χ1v) is 7.76. The lowest BCUT2D eigenvalue weighted by Crippen LogP contribution is -2.41. The normalized spacial score (nSPS) is 33.1. The number of hydrogen-bond acceptors (Lipinski definition) is 2. The summed E-state index contributed by atoms with van der Waals surface area (Å²) >= 11 is 0. The molecule has 1 saturated heterocycles. The van der Waals surface area contributed by atoms with E-state index in [2.05, 4.69) is 17.6 Å². The van der Waals surface area contributed by atoms with Crippen molar-refractivity contribution < 1.29 is 4.79 Å². The van der Waals surface area contributed by atoms with Crippen LogP contribution < -0.4 is 10.6 Å². The van der Waals surface area contributed by atoms with Gasteiger partial charge in [-0.2, -0.15) is 0 Å². The van der Waals surface area contributed by atoms with Crippen LogP contribution >= 0.6 is 0 Å². The van der Waals surface area contributed by atoms with E-state index in [1.54, 1.807) is 0 Å². The fourth-order valence-electron chi connectivity index (χ4n) is 3.42. The van der Waals surface area contributed by atoms with Gasteiger partial charge < -0.3 is 10.6 Å². The van der Waals surface area contributed by atoms with Gasteiger partial charge in [-0.05, 0) is 37.6 Å². The summed E-state index contributed by atoms with van der Waals surface area (Å²) in [5, 5.41) is 6.44. The molecule has 2 N–H and O–H groups in total. The van der Waals surface area contributed by atoms with Crippen LogP contribution in [0.2, 0.25) is 0 Å². The molecule has 1 aliphatic heterocycles. The van der Waals surface area contributed by atoms with E-state index in [0.717, 1.165) is 44.3 Å². The predicted octanol–water partition coefficient (Wildman–Crippen LogP) is 2.32. The molecule has 0 bridgehead atoms. The Bertz CT molecular complexity index is 261. The Morgan fingerprint density at radius 3 is 2.78 bits per heavy atom. The molecule has 3 heteroatoms. The molecule has 1 aliphatic carbocycles. The number of carbonyl (C=O) groups excluding carboxylic acids is 1. The summed E-state index contributed by atoms with van der Waals surface area (Å²) in [6.45, 7) is 5.19. The quantitative estimate of drug-likeness (QED) is 0.806. The summed E-state index contributed by atoms with van der Waals surface area (Å²) in [6, 6.07) is 0. The van der Waals surface area contributed by atoms with Crippen LogP contribution in [-0.4, -0.2) is 25.5 Å². The van der Waals surface area contributed by atoms with Crippen molar-refractivity contribution in [1.82, 2.24) is 10.6 Å². The Hall–Kier alpha value is -0.570. The Morgan fingerprint density at radius 1 is 1.22 bits per heavy atom. The molecule has 0 aromatic carbocycles. The molecule has 104 valence electrons. The van der Waals surface area contributed by atoms with Crippen molar-refractivity contribution >= 4 is 5.91 Å². The number of carbonyl (C=O) groups is 1. The van der Waals surface area contributed by atoms with E-state index >= 15 is 0 Å². The van der Waals surface area contributed by atoms with Gasteiger partial charge in [-0.1, -0.05) is 32.6 Å². The first-order chi connectivity index (χ1) is 8.77. The molecular weight excluding hydrogens is 224 g/mol. The second-order valence-electron chi connectivity index (χ2n) is 6.14. The number of hydrogen-bond donors (Lipinski definition) is 2. The molecule has 0 aromatic heterocycles. The summed E-state index contributed by atoms with van der Waals surface area (Å²) in [5.74, 6) is 2.17. The predicted molar refractivity (Wildman–Crippen MR) is 74.3 cm³/mol. The largest absolute Gasteiger partial charge is 0.356 e. The maximum atomic E-state index is 12.0. The number of rotatable bonds is 4. The Morgan fingerprint density at radius 2 is 2.06 bits per heavy atom. The Balaban J connectivity index is 1.63. The average molecular weight is 252 g/mol. The van der Waals surface area contributed by atoms with Crippen LogP contribution in [-0.2, 0) is 4.79 Å². The zero-order valence-electron chi connectivity index (χ0n) is 11.7. The summed E-state index contributed by atoms with van der Waals surface area (Å²) in [4.78, 5) is 12.0. The van der Waals surface area contributed by atoms with E-state index in [0.29, 0.717) is 0 Å². The van der Waals surface area contributed by atoms with E-state index in [4.69, 9.17) is 0 Å². The standard InChI is InChI=1S/C15H28N2O/c1-12-5-2-3-6-13(12)8-10-17-15(18)14-7-4-9-16-11-14/h12-14,16H,2-11H2,1H3,(H,17,18). The van der Waals surface area contributed by atoms with E-state index in [1.165, 1.54) is 32.1 Å². The van der Waals surface area contributed by atoms with Crippen molar-refractivity contribution in [2.24, 2.45) is 17.8 Å². The van der Waals surface area contributed by atoms with Gasteiger partial charge >= 0.3 is 0 Å². The summed E-state index contributed by atoms with van der Waals surface area (Å²) in [6.07, 6.45) is 8.89. The van der Waals surface area contributed by atoms with Crippen LogP contribution in [0.25, 0.3) is 0 Å². The highest BCUT2D eigenvalue weighted by molar-refractivity contribution is 5.78. The van der Waals surface area contributed by atoms with Crippen molar-refractivity contribution in [3.63, 3.8) is 0 Å². The molecule has 18 heavy (non-hydrogen) atoms. The minimum atomic E-state index is 0.211. The Labute approximate surface area is 111 Å². The fraction of sp³-hybridized carbons (Fsp3) is 0.933. The lowest BCUT2D eigenvalue weighted by atomic mass is 9.79. The smallest absolute Gasteiger partial charge is 0.224 e. The molecule has 2 aliphatic rings. The number of nitrogens with one attached hydrogen (secondary N) is 2. The lowest BCUT2D eigenvalue weighted by molar-refractivity contribution is -0.125. The molecule has 1 heterocycles. The van der Waals surface area contributed by atoms with Gasteiger partial charge in [0.25, 0.3) is 0 Å². The first kappa shape index (κ1) is 13.9. The molecule has 3 unspecified atom stereocenters. The molecule has 0 spiro atoms. The van der Waals surface area contributed by atoms with Gasteiger partial charge in [-0.3, -0.25) is 4.79 Å². The van der Waals surface area contributed by atoms with E-state index in [1.807, 2.05) is 0 Å². The van der Waals surface area contributed by atoms with Gasteiger partial charge in [-0.15, -0.1) is 0 Å². The van der Waals surface area contributed by atoms with Gasteiger partial charge in [0.15, 0.2) is 0 Å². The van der Waals surface area contributed by atoms with Crippen LogP contribution in [0.1, 0.15) is 51.9 Å². The van der Waals surface area contributed by atoms with E-state index in [9.17, 15) is 4.79 Å². The Kier molecular flexibility index (Phi) is 5.48. The first-order valence-electron chi connectivity index (χ1n) is 7.76. The summed E-state index contributed by atoms with van der Waals surface area (Å²) in [5.41, 5.74) is 0. The van der Waals surface area contributed by atoms with Crippen molar-refractivity contribution in [3.05, 3.63) is 0 Å². The monoisotopic (exact) mass is 252 g/mol. The van der Waals surface area contributed by atoms with Gasteiger partial charge in [0.1, 0.15) is 0 Å². The SMILES string of the molecule is CC1CCCCC1CCNC(=O)C1CCCNC1. The highest BCUT2D eigenvalue weighted by atomic mass is 16.1. The third-order valence-corrected chi connectivity index (χ3v) is 4.77. The zero-order chi connectivity index (χ0) is 12.8. The number of piperidine rings is 1. The molecule has 2 rings (SSSR count). The maximum absolute atomic E-state index is 12.0. The fourth-order valence-corrected chi connectivity index (χ4v) is 3.42. The van der Waals surface area contributed by atoms with Crippen molar-refractivity contribution in [1.29, 1.82) is 0 Å². The van der Waals surface area contributed by atoms with Crippen molar-refractivity contribution in [3.8, 4) is 0 Å². The molecule has 1 amide bonds. The topological polar surface area (TPSA) is 41.1 Å². The molecule has 3 atom stereocenters. The molecule has 0 radical (unpaired) electrons. The van der Waals surface area contributed by atoms with Crippen LogP contribution in [0.4, 0.5) is 0 Å². The van der Waals surface area contributed by atoms with Crippen LogP contribution in [0.5, 0.6) is 0 Å². The van der Waals surface area contributed by atoms with Crippen molar-refractivity contribution in [2.45, 2.75) is 51.9 Å². The minimum Gasteiger partial charge on any atom is -0.356 e. The molecule has 0 aromatic rings. The average Bonchev–Trinajstić information content (AvgIpc) is 2.42. The highest BCUT2D eigenvalue weighted by Crippen LogP contribution is 2.31. The highest BCUT2D eigenvalue weighted by Gasteiger charge is 2.23. The van der Waals surface area contributed by atoms with Gasteiger partial charge in [0.05, 0.1) is 5.92 Å². The third kappa shape index (κ3) is 3.98.